The Morgan fingerprint density at radius 1 is 0.486 bits per heavy atom. The lowest BCUT2D eigenvalue weighted by Crippen LogP contribution is -1.91. The van der Waals surface area contributed by atoms with Gasteiger partial charge in [-0.15, -0.1) is 0 Å². The lowest BCUT2D eigenvalue weighted by atomic mass is 9.94. The van der Waals surface area contributed by atoms with Gasteiger partial charge in [-0.05, 0) is 34.5 Å². The molecule has 0 saturated carbocycles. The summed E-state index contributed by atoms with van der Waals surface area (Å²) in [6.07, 6.45) is 0. The van der Waals surface area contributed by atoms with Gasteiger partial charge in [0, 0.05) is 38.1 Å². The first kappa shape index (κ1) is 20.3. The van der Waals surface area contributed by atoms with Gasteiger partial charge in [-0.2, -0.15) is 0 Å². The van der Waals surface area contributed by atoms with Gasteiger partial charge < -0.3 is 4.42 Å². The number of furan rings is 1. The molecule has 0 saturated heterocycles. The van der Waals surface area contributed by atoms with Crippen LogP contribution in [0.5, 0.6) is 0 Å². The van der Waals surface area contributed by atoms with Crippen molar-refractivity contribution in [2.45, 2.75) is 0 Å². The molecule has 8 rings (SSSR count). The van der Waals surface area contributed by atoms with Gasteiger partial charge in [-0.1, -0.05) is 109 Å². The van der Waals surface area contributed by atoms with E-state index in [9.17, 15) is 0 Å². The fourth-order valence-electron chi connectivity index (χ4n) is 5.75. The van der Waals surface area contributed by atoms with Gasteiger partial charge in [0.15, 0.2) is 0 Å². The Bertz CT molecular complexity index is 2140. The van der Waals surface area contributed by atoms with Gasteiger partial charge >= 0.3 is 0 Å². The quantitative estimate of drug-likeness (QED) is 0.235. The highest BCUT2D eigenvalue weighted by atomic mass is 16.3. The second-order valence-corrected chi connectivity index (χ2v) is 9.55. The highest BCUT2D eigenvalue weighted by molar-refractivity contribution is 6.22. The third-order valence-electron chi connectivity index (χ3n) is 7.44. The van der Waals surface area contributed by atoms with E-state index in [4.69, 9.17) is 9.40 Å². The van der Waals surface area contributed by atoms with Gasteiger partial charge in [-0.3, -0.25) is 0 Å². The Morgan fingerprint density at radius 3 is 2.16 bits per heavy atom. The summed E-state index contributed by atoms with van der Waals surface area (Å²) in [5, 5.41) is 8.37. The van der Waals surface area contributed by atoms with E-state index in [0.29, 0.717) is 0 Å². The molecule has 37 heavy (non-hydrogen) atoms. The molecule has 0 radical (unpaired) electrons. The maximum absolute atomic E-state index is 6.34. The van der Waals surface area contributed by atoms with Crippen LogP contribution >= 0.6 is 0 Å². The topological polar surface area (TPSA) is 26.0 Å². The second kappa shape index (κ2) is 7.78. The number of para-hydroxylation sites is 3. The van der Waals surface area contributed by atoms with Crippen LogP contribution in [-0.2, 0) is 0 Å². The van der Waals surface area contributed by atoms with Gasteiger partial charge in [0.2, 0.25) is 0 Å². The Balaban J connectivity index is 1.41. The summed E-state index contributed by atoms with van der Waals surface area (Å²) in [4.78, 5) is 5.19. The molecule has 2 heteroatoms. The van der Waals surface area contributed by atoms with Crippen molar-refractivity contribution >= 4 is 54.4 Å². The van der Waals surface area contributed by atoms with Crippen molar-refractivity contribution in [3.63, 3.8) is 0 Å². The van der Waals surface area contributed by atoms with Crippen LogP contribution in [0.15, 0.2) is 132 Å². The molecule has 0 aliphatic heterocycles. The largest absolute Gasteiger partial charge is 0.455 e. The van der Waals surface area contributed by atoms with Gasteiger partial charge in [0.05, 0.1) is 11.2 Å². The van der Waals surface area contributed by atoms with Crippen LogP contribution in [0, 0.1) is 0 Å². The SMILES string of the molecule is c1cc(-c2nc3ccccc3c3c2ccc2ccccc23)cc(-c2cccc3c2oc2ccccc23)c1. The van der Waals surface area contributed by atoms with E-state index in [1.807, 2.05) is 12.1 Å². The third-order valence-corrected chi connectivity index (χ3v) is 7.44. The first-order valence-electron chi connectivity index (χ1n) is 12.6. The van der Waals surface area contributed by atoms with E-state index in [1.165, 1.54) is 21.5 Å². The van der Waals surface area contributed by atoms with Crippen LogP contribution in [0.25, 0.3) is 76.8 Å². The number of aromatic nitrogens is 1. The molecule has 0 aliphatic rings. The summed E-state index contributed by atoms with van der Waals surface area (Å²) in [5.74, 6) is 0. The minimum atomic E-state index is 0.912. The molecule has 0 atom stereocenters. The predicted octanol–water partition coefficient (Wildman–Crippen LogP) is 9.77. The summed E-state index contributed by atoms with van der Waals surface area (Å²) in [5.41, 5.74) is 7.14. The number of hydrogen-bond donors (Lipinski definition) is 0. The summed E-state index contributed by atoms with van der Waals surface area (Å²) < 4.78 is 6.34. The number of pyridine rings is 1. The molecule has 172 valence electrons. The first-order valence-corrected chi connectivity index (χ1v) is 12.6. The van der Waals surface area contributed by atoms with Crippen LogP contribution in [0.1, 0.15) is 0 Å². The van der Waals surface area contributed by atoms with Gasteiger partial charge in [-0.25, -0.2) is 4.98 Å². The lowest BCUT2D eigenvalue weighted by Gasteiger charge is -2.13. The molecule has 6 aromatic carbocycles. The van der Waals surface area contributed by atoms with Crippen molar-refractivity contribution in [2.75, 3.05) is 0 Å². The average Bonchev–Trinajstić information content (AvgIpc) is 3.35. The van der Waals surface area contributed by atoms with Crippen LogP contribution < -0.4 is 0 Å². The molecule has 0 aliphatic carbocycles. The van der Waals surface area contributed by atoms with Crippen molar-refractivity contribution in [3.8, 4) is 22.4 Å². The van der Waals surface area contributed by atoms with E-state index in [2.05, 4.69) is 115 Å². The summed E-state index contributed by atoms with van der Waals surface area (Å²) >= 11 is 0. The van der Waals surface area contributed by atoms with Crippen molar-refractivity contribution < 1.29 is 4.42 Å². The van der Waals surface area contributed by atoms with Crippen LogP contribution in [0.3, 0.4) is 0 Å². The molecular weight excluding hydrogens is 450 g/mol. The van der Waals surface area contributed by atoms with Crippen molar-refractivity contribution in [3.05, 3.63) is 127 Å². The Morgan fingerprint density at radius 2 is 1.22 bits per heavy atom. The average molecular weight is 472 g/mol. The highest BCUT2D eigenvalue weighted by Gasteiger charge is 2.15. The van der Waals surface area contributed by atoms with Crippen molar-refractivity contribution in [2.24, 2.45) is 0 Å². The third kappa shape index (κ3) is 3.03. The Kier molecular flexibility index (Phi) is 4.26. The molecule has 8 aromatic rings. The second-order valence-electron chi connectivity index (χ2n) is 9.55. The van der Waals surface area contributed by atoms with Gasteiger partial charge in [0.25, 0.3) is 0 Å². The molecule has 2 nitrogen and oxygen atoms in total. The van der Waals surface area contributed by atoms with E-state index < -0.39 is 0 Å². The normalized spacial score (nSPS) is 11.8. The molecule has 0 N–H and O–H groups in total. The van der Waals surface area contributed by atoms with Crippen molar-refractivity contribution in [1.29, 1.82) is 0 Å². The maximum atomic E-state index is 6.34. The number of fused-ring (bicyclic) bond motifs is 8. The van der Waals surface area contributed by atoms with E-state index >= 15 is 0 Å². The number of rotatable bonds is 2. The van der Waals surface area contributed by atoms with Crippen LogP contribution in [-0.4, -0.2) is 4.98 Å². The van der Waals surface area contributed by atoms with E-state index in [1.54, 1.807) is 0 Å². The number of benzene rings is 6. The maximum Gasteiger partial charge on any atom is 0.143 e. The van der Waals surface area contributed by atoms with Crippen LogP contribution in [0.2, 0.25) is 0 Å². The zero-order valence-electron chi connectivity index (χ0n) is 20.0. The molecule has 2 heterocycles. The standard InChI is InChI=1S/C35H21NO/c1-2-12-25-22(9-1)19-20-30-33(25)29-14-3-5-17-31(29)36-34(30)24-11-7-10-23(21-24)26-15-8-16-28-27-13-4-6-18-32(27)37-35(26)28/h1-21H. The van der Waals surface area contributed by atoms with E-state index in [-0.39, 0.29) is 0 Å². The summed E-state index contributed by atoms with van der Waals surface area (Å²) in [7, 11) is 0. The molecule has 0 spiro atoms. The minimum Gasteiger partial charge on any atom is -0.455 e. The number of hydrogen-bond acceptors (Lipinski definition) is 2. The van der Waals surface area contributed by atoms with E-state index in [0.717, 1.165) is 55.2 Å². The van der Waals surface area contributed by atoms with Crippen LogP contribution in [0.4, 0.5) is 0 Å². The molecular formula is C35H21NO. The summed E-state index contributed by atoms with van der Waals surface area (Å²) in [6.45, 7) is 0. The first-order chi connectivity index (χ1) is 18.3. The summed E-state index contributed by atoms with van der Waals surface area (Å²) in [6, 6.07) is 44.8. The zero-order chi connectivity index (χ0) is 24.3. The highest BCUT2D eigenvalue weighted by Crippen LogP contribution is 2.40. The monoisotopic (exact) mass is 471 g/mol. The molecule has 0 amide bonds. The Hall–Kier alpha value is -4.95. The molecule has 0 bridgehead atoms. The smallest absolute Gasteiger partial charge is 0.143 e. The molecule has 0 fully saturated rings. The predicted molar refractivity (Wildman–Crippen MR) is 155 cm³/mol. The zero-order valence-corrected chi connectivity index (χ0v) is 20.0. The van der Waals surface area contributed by atoms with Gasteiger partial charge in [0.1, 0.15) is 11.2 Å². The fraction of sp³-hybridized carbons (Fsp3) is 0. The fourth-order valence-corrected chi connectivity index (χ4v) is 5.75. The van der Waals surface area contributed by atoms with Crippen molar-refractivity contribution in [1.82, 2.24) is 4.98 Å². The molecule has 0 unspecified atom stereocenters. The molecule has 2 aromatic heterocycles. The lowest BCUT2D eigenvalue weighted by molar-refractivity contribution is 0.670. The Labute approximate surface area is 213 Å². The number of nitrogens with zero attached hydrogens (tertiary/aromatic N) is 1. The minimum absolute atomic E-state index is 0.912.